The number of benzene rings is 2. The van der Waals surface area contributed by atoms with Crippen molar-refractivity contribution in [3.8, 4) is 11.3 Å². The second-order valence-corrected chi connectivity index (χ2v) is 7.34. The summed E-state index contributed by atoms with van der Waals surface area (Å²) in [6.07, 6.45) is 1.70. The highest BCUT2D eigenvalue weighted by Gasteiger charge is 2.08. The molecule has 0 saturated heterocycles. The summed E-state index contributed by atoms with van der Waals surface area (Å²) in [5, 5.41) is 3.13. The minimum Gasteiger partial charge on any atom is -0.324 e. The van der Waals surface area contributed by atoms with E-state index in [-0.39, 0.29) is 5.75 Å². The summed E-state index contributed by atoms with van der Waals surface area (Å²) in [4.78, 5) is 8.73. The van der Waals surface area contributed by atoms with Crippen molar-refractivity contribution < 1.29 is 8.42 Å². The molecule has 0 aliphatic heterocycles. The molecular weight excluding hydrogens is 336 g/mol. The number of rotatable bonds is 6. The normalized spacial score (nSPS) is 11.2. The van der Waals surface area contributed by atoms with E-state index in [4.69, 9.17) is 0 Å². The second-order valence-electron chi connectivity index (χ2n) is 5.42. The fraction of sp³-hybridized carbons (Fsp3) is 0.111. The lowest BCUT2D eigenvalue weighted by Crippen LogP contribution is -2.20. The number of aromatic nitrogens is 2. The van der Waals surface area contributed by atoms with Gasteiger partial charge in [0.15, 0.2) is 0 Å². The average Bonchev–Trinajstić information content (AvgIpc) is 2.64. The van der Waals surface area contributed by atoms with Gasteiger partial charge in [-0.1, -0.05) is 42.5 Å². The van der Waals surface area contributed by atoms with Crippen LogP contribution in [-0.2, 0) is 15.8 Å². The van der Waals surface area contributed by atoms with Gasteiger partial charge in [-0.2, -0.15) is 0 Å². The lowest BCUT2D eigenvalue weighted by molar-refractivity contribution is 0.587. The smallest absolute Gasteiger partial charge is 0.227 e. The first-order chi connectivity index (χ1) is 12.1. The maximum Gasteiger partial charge on any atom is 0.227 e. The zero-order valence-electron chi connectivity index (χ0n) is 13.7. The van der Waals surface area contributed by atoms with Gasteiger partial charge in [-0.15, -0.1) is 0 Å². The molecule has 0 aliphatic carbocycles. The molecule has 0 fully saturated rings. The topological polar surface area (TPSA) is 84.0 Å². The van der Waals surface area contributed by atoms with Gasteiger partial charge in [0, 0.05) is 17.4 Å². The number of nitrogens with zero attached hydrogens (tertiary/aromatic N) is 2. The first-order valence-corrected chi connectivity index (χ1v) is 9.37. The molecular formula is C18H18N4O2S. The van der Waals surface area contributed by atoms with Gasteiger partial charge in [0.1, 0.15) is 0 Å². The molecule has 0 spiro atoms. The van der Waals surface area contributed by atoms with Crippen molar-refractivity contribution in [1.29, 1.82) is 0 Å². The van der Waals surface area contributed by atoms with Gasteiger partial charge in [0.25, 0.3) is 0 Å². The number of anilines is 2. The maximum atomic E-state index is 11.6. The number of hydrogen-bond donors (Lipinski definition) is 2. The zero-order chi connectivity index (χ0) is 17.7. The number of hydrogen-bond acceptors (Lipinski definition) is 5. The van der Waals surface area contributed by atoms with Crippen LogP contribution >= 0.6 is 0 Å². The fourth-order valence-electron chi connectivity index (χ4n) is 2.29. The van der Waals surface area contributed by atoms with E-state index in [0.29, 0.717) is 11.5 Å². The summed E-state index contributed by atoms with van der Waals surface area (Å²) in [5.74, 6) is 0.431. The summed E-state index contributed by atoms with van der Waals surface area (Å²) in [5.41, 5.74) is 3.34. The molecule has 0 aliphatic rings. The second kappa shape index (κ2) is 7.42. The van der Waals surface area contributed by atoms with E-state index in [1.807, 2.05) is 36.4 Å². The van der Waals surface area contributed by atoms with E-state index in [2.05, 4.69) is 20.0 Å². The molecule has 3 aromatic rings. The molecule has 7 heteroatoms. The van der Waals surface area contributed by atoms with Crippen molar-refractivity contribution in [2.24, 2.45) is 0 Å². The standard InChI is InChI=1S/C18H18N4O2S/c1-19-25(23,24)13-14-7-9-16(10-8-14)21-18-20-12-11-17(22-18)15-5-3-2-4-6-15/h2-12,19H,13H2,1H3,(H,20,21,22). The van der Waals surface area contributed by atoms with E-state index in [9.17, 15) is 8.42 Å². The summed E-state index contributed by atoms with van der Waals surface area (Å²) in [6, 6.07) is 18.8. The lowest BCUT2D eigenvalue weighted by atomic mass is 10.1. The van der Waals surface area contributed by atoms with Crippen LogP contribution in [0.2, 0.25) is 0 Å². The Morgan fingerprint density at radius 1 is 0.960 bits per heavy atom. The fourth-order valence-corrected chi connectivity index (χ4v) is 3.07. The molecule has 128 valence electrons. The Labute approximate surface area is 147 Å². The number of nitrogens with one attached hydrogen (secondary N) is 2. The molecule has 0 unspecified atom stereocenters. The molecule has 0 amide bonds. The summed E-state index contributed by atoms with van der Waals surface area (Å²) >= 11 is 0. The third-order valence-corrected chi connectivity index (χ3v) is 4.94. The molecule has 2 aromatic carbocycles. The van der Waals surface area contributed by atoms with Gasteiger partial charge in [-0.3, -0.25) is 0 Å². The monoisotopic (exact) mass is 354 g/mol. The minimum absolute atomic E-state index is 0.0518. The molecule has 2 N–H and O–H groups in total. The van der Waals surface area contributed by atoms with E-state index >= 15 is 0 Å². The van der Waals surface area contributed by atoms with Crippen LogP contribution in [-0.4, -0.2) is 25.4 Å². The summed E-state index contributed by atoms with van der Waals surface area (Å²) in [6.45, 7) is 0. The molecule has 25 heavy (non-hydrogen) atoms. The van der Waals surface area contributed by atoms with Crippen LogP contribution < -0.4 is 10.0 Å². The summed E-state index contributed by atoms with van der Waals surface area (Å²) < 4.78 is 25.4. The Balaban J connectivity index is 1.75. The van der Waals surface area contributed by atoms with Crippen molar-refractivity contribution in [2.45, 2.75) is 5.75 Å². The highest BCUT2D eigenvalue weighted by molar-refractivity contribution is 7.88. The molecule has 0 atom stereocenters. The quantitative estimate of drug-likeness (QED) is 0.711. The zero-order valence-corrected chi connectivity index (χ0v) is 14.5. The van der Waals surface area contributed by atoms with E-state index in [1.165, 1.54) is 7.05 Å². The molecule has 0 saturated carbocycles. The average molecular weight is 354 g/mol. The van der Waals surface area contributed by atoms with Crippen molar-refractivity contribution in [1.82, 2.24) is 14.7 Å². The van der Waals surface area contributed by atoms with Gasteiger partial charge < -0.3 is 5.32 Å². The molecule has 0 bridgehead atoms. The minimum atomic E-state index is -3.28. The van der Waals surface area contributed by atoms with Crippen LogP contribution in [0, 0.1) is 0 Å². The largest absolute Gasteiger partial charge is 0.324 e. The Kier molecular flexibility index (Phi) is 5.06. The van der Waals surface area contributed by atoms with Gasteiger partial charge >= 0.3 is 0 Å². The van der Waals surface area contributed by atoms with Gasteiger partial charge in [-0.05, 0) is 30.8 Å². The predicted octanol–water partition coefficient (Wildman–Crippen LogP) is 2.94. The molecule has 1 aromatic heterocycles. The van der Waals surface area contributed by atoms with Crippen molar-refractivity contribution in [2.75, 3.05) is 12.4 Å². The number of sulfonamides is 1. The first kappa shape index (κ1) is 17.1. The molecule has 1 heterocycles. The highest BCUT2D eigenvalue weighted by atomic mass is 32.2. The lowest BCUT2D eigenvalue weighted by Gasteiger charge is -2.08. The molecule has 3 rings (SSSR count). The first-order valence-electron chi connectivity index (χ1n) is 7.71. The van der Waals surface area contributed by atoms with Crippen LogP contribution in [0.4, 0.5) is 11.6 Å². The third-order valence-electron chi connectivity index (χ3n) is 3.60. The Morgan fingerprint density at radius 3 is 2.36 bits per heavy atom. The highest BCUT2D eigenvalue weighted by Crippen LogP contribution is 2.19. The van der Waals surface area contributed by atoms with E-state index in [0.717, 1.165) is 16.9 Å². The van der Waals surface area contributed by atoms with Crippen molar-refractivity contribution in [3.05, 3.63) is 72.4 Å². The maximum absolute atomic E-state index is 11.6. The van der Waals surface area contributed by atoms with Crippen LogP contribution in [0.25, 0.3) is 11.3 Å². The summed E-state index contributed by atoms with van der Waals surface area (Å²) in [7, 11) is -1.87. The van der Waals surface area contributed by atoms with Gasteiger partial charge in [0.05, 0.1) is 11.4 Å². The van der Waals surface area contributed by atoms with Gasteiger partial charge in [-0.25, -0.2) is 23.1 Å². The third kappa shape index (κ3) is 4.62. The molecule has 6 nitrogen and oxygen atoms in total. The van der Waals surface area contributed by atoms with Crippen LogP contribution in [0.1, 0.15) is 5.56 Å². The Bertz CT molecular complexity index is 942. The molecule has 0 radical (unpaired) electrons. The van der Waals surface area contributed by atoms with Crippen LogP contribution in [0.3, 0.4) is 0 Å². The Morgan fingerprint density at radius 2 is 1.68 bits per heavy atom. The van der Waals surface area contributed by atoms with E-state index < -0.39 is 10.0 Å². The van der Waals surface area contributed by atoms with Gasteiger partial charge in [0.2, 0.25) is 16.0 Å². The van der Waals surface area contributed by atoms with Crippen molar-refractivity contribution >= 4 is 21.7 Å². The SMILES string of the molecule is CNS(=O)(=O)Cc1ccc(Nc2nccc(-c3ccccc3)n2)cc1. The van der Waals surface area contributed by atoms with Crippen LogP contribution in [0.15, 0.2) is 66.9 Å². The van der Waals surface area contributed by atoms with E-state index in [1.54, 1.807) is 30.5 Å². The van der Waals surface area contributed by atoms with Crippen LogP contribution in [0.5, 0.6) is 0 Å². The predicted molar refractivity (Wildman–Crippen MR) is 98.9 cm³/mol. The Hall–Kier alpha value is -2.77. The van der Waals surface area contributed by atoms with Crippen molar-refractivity contribution in [3.63, 3.8) is 0 Å².